The van der Waals surface area contributed by atoms with Crippen LogP contribution in [-0.2, 0) is 4.79 Å². The SMILES string of the molecule is Cl.Cl.O=C(/C=C/c1ccc(NC2CCN(CC3CC3)C2)nc1)NO. The van der Waals surface area contributed by atoms with E-state index >= 15 is 0 Å². The van der Waals surface area contributed by atoms with Gasteiger partial charge in [-0.25, -0.2) is 10.5 Å². The number of rotatable bonds is 6. The third kappa shape index (κ3) is 6.28. The van der Waals surface area contributed by atoms with Crippen LogP contribution in [0.4, 0.5) is 5.82 Å². The van der Waals surface area contributed by atoms with Gasteiger partial charge in [0, 0.05) is 37.9 Å². The molecule has 2 aliphatic rings. The topological polar surface area (TPSA) is 77.5 Å². The number of aromatic nitrogens is 1. The summed E-state index contributed by atoms with van der Waals surface area (Å²) in [6.45, 7) is 3.52. The van der Waals surface area contributed by atoms with E-state index in [9.17, 15) is 4.79 Å². The molecule has 2 fully saturated rings. The lowest BCUT2D eigenvalue weighted by Crippen LogP contribution is -2.28. The van der Waals surface area contributed by atoms with Gasteiger partial charge in [0.1, 0.15) is 5.82 Å². The van der Waals surface area contributed by atoms with Crippen LogP contribution in [-0.4, -0.2) is 46.7 Å². The van der Waals surface area contributed by atoms with Gasteiger partial charge in [0.2, 0.25) is 0 Å². The van der Waals surface area contributed by atoms with E-state index in [4.69, 9.17) is 5.21 Å². The molecule has 8 heteroatoms. The zero-order valence-corrected chi connectivity index (χ0v) is 15.0. The minimum Gasteiger partial charge on any atom is -0.366 e. The smallest absolute Gasteiger partial charge is 0.267 e. The van der Waals surface area contributed by atoms with Crippen LogP contribution in [0.25, 0.3) is 6.08 Å². The number of carbonyl (C=O) groups excluding carboxylic acids is 1. The van der Waals surface area contributed by atoms with E-state index in [0.717, 1.165) is 30.3 Å². The van der Waals surface area contributed by atoms with Gasteiger partial charge < -0.3 is 10.2 Å². The van der Waals surface area contributed by atoms with E-state index in [1.807, 2.05) is 12.1 Å². The molecule has 0 bridgehead atoms. The van der Waals surface area contributed by atoms with E-state index in [1.54, 1.807) is 17.8 Å². The summed E-state index contributed by atoms with van der Waals surface area (Å²) in [7, 11) is 0. The predicted octanol–water partition coefficient (Wildman–Crippen LogP) is 2.34. The fourth-order valence-corrected chi connectivity index (χ4v) is 2.79. The van der Waals surface area contributed by atoms with Crippen LogP contribution in [0.15, 0.2) is 24.4 Å². The van der Waals surface area contributed by atoms with E-state index < -0.39 is 5.91 Å². The van der Waals surface area contributed by atoms with E-state index in [1.165, 1.54) is 32.0 Å². The molecular formula is C16H24Cl2N4O2. The van der Waals surface area contributed by atoms with Gasteiger partial charge in [-0.3, -0.25) is 10.0 Å². The molecule has 1 saturated heterocycles. The first-order valence-corrected chi connectivity index (χ1v) is 7.80. The van der Waals surface area contributed by atoms with Gasteiger partial charge in [-0.2, -0.15) is 0 Å². The van der Waals surface area contributed by atoms with Crippen LogP contribution in [0.1, 0.15) is 24.8 Å². The largest absolute Gasteiger partial charge is 0.366 e. The van der Waals surface area contributed by atoms with Crippen molar-refractivity contribution in [2.75, 3.05) is 25.0 Å². The molecule has 1 atom stereocenters. The summed E-state index contributed by atoms with van der Waals surface area (Å²) in [6, 6.07) is 4.28. The number of carbonyl (C=O) groups is 1. The number of nitrogens with zero attached hydrogens (tertiary/aromatic N) is 2. The summed E-state index contributed by atoms with van der Waals surface area (Å²) >= 11 is 0. The number of nitrogens with one attached hydrogen (secondary N) is 2. The molecule has 1 unspecified atom stereocenters. The van der Waals surface area contributed by atoms with Crippen molar-refractivity contribution in [2.45, 2.75) is 25.3 Å². The molecule has 2 heterocycles. The van der Waals surface area contributed by atoms with Crippen LogP contribution >= 0.6 is 24.8 Å². The molecule has 0 aromatic carbocycles. The Morgan fingerprint density at radius 3 is 2.75 bits per heavy atom. The molecule has 1 aromatic rings. The first-order chi connectivity index (χ1) is 10.7. The fourth-order valence-electron chi connectivity index (χ4n) is 2.79. The lowest BCUT2D eigenvalue weighted by molar-refractivity contribution is -0.124. The van der Waals surface area contributed by atoms with Crippen LogP contribution in [0, 0.1) is 5.92 Å². The molecule has 1 saturated carbocycles. The Morgan fingerprint density at radius 1 is 1.33 bits per heavy atom. The Balaban J connectivity index is 0.00000144. The molecule has 0 radical (unpaired) electrons. The van der Waals surface area contributed by atoms with Crippen molar-refractivity contribution in [1.82, 2.24) is 15.4 Å². The molecule has 1 aliphatic carbocycles. The predicted molar refractivity (Wildman–Crippen MR) is 98.9 cm³/mol. The average molecular weight is 375 g/mol. The Hall–Kier alpha value is -1.34. The second kappa shape index (κ2) is 9.84. The Kier molecular flexibility index (Phi) is 8.48. The third-order valence-corrected chi connectivity index (χ3v) is 4.16. The van der Waals surface area contributed by atoms with Crippen LogP contribution in [0.5, 0.6) is 0 Å². The molecule has 1 aliphatic heterocycles. The standard InChI is InChI=1S/C16H22N4O2.2ClH/c21-16(19-22)6-4-12-3-5-15(17-9-12)18-14-7-8-20(11-14)10-13-1-2-13;;/h3-6,9,13-14,22H,1-2,7-8,10-11H2,(H,17,18)(H,19,21);2*1H/b6-4+;;. The highest BCUT2D eigenvalue weighted by Gasteiger charge is 2.29. The summed E-state index contributed by atoms with van der Waals surface area (Å²) in [5, 5.41) is 11.9. The van der Waals surface area contributed by atoms with E-state index in [2.05, 4.69) is 15.2 Å². The van der Waals surface area contributed by atoms with Crippen molar-refractivity contribution in [1.29, 1.82) is 0 Å². The van der Waals surface area contributed by atoms with Gasteiger partial charge in [-0.15, -0.1) is 24.8 Å². The monoisotopic (exact) mass is 374 g/mol. The first kappa shape index (κ1) is 20.7. The van der Waals surface area contributed by atoms with Crippen molar-refractivity contribution in [2.24, 2.45) is 5.92 Å². The fraction of sp³-hybridized carbons (Fsp3) is 0.500. The number of hydroxylamine groups is 1. The van der Waals surface area contributed by atoms with Crippen molar-refractivity contribution in [3.63, 3.8) is 0 Å². The van der Waals surface area contributed by atoms with Gasteiger partial charge in [-0.05, 0) is 49.0 Å². The molecule has 134 valence electrons. The van der Waals surface area contributed by atoms with Gasteiger partial charge >= 0.3 is 0 Å². The molecule has 24 heavy (non-hydrogen) atoms. The minimum atomic E-state index is -0.552. The highest BCUT2D eigenvalue weighted by molar-refractivity contribution is 5.90. The molecule has 0 spiro atoms. The van der Waals surface area contributed by atoms with Crippen LogP contribution in [0.2, 0.25) is 0 Å². The van der Waals surface area contributed by atoms with Gasteiger partial charge in [0.15, 0.2) is 0 Å². The zero-order valence-electron chi connectivity index (χ0n) is 13.4. The third-order valence-electron chi connectivity index (χ3n) is 4.16. The highest BCUT2D eigenvalue weighted by Crippen LogP contribution is 2.31. The maximum Gasteiger partial charge on any atom is 0.267 e. The van der Waals surface area contributed by atoms with Crippen molar-refractivity contribution < 1.29 is 10.0 Å². The average Bonchev–Trinajstić information content (AvgIpc) is 3.24. The molecule has 6 nitrogen and oxygen atoms in total. The van der Waals surface area contributed by atoms with E-state index in [0.29, 0.717) is 6.04 Å². The van der Waals surface area contributed by atoms with Gasteiger partial charge in [-0.1, -0.05) is 0 Å². The van der Waals surface area contributed by atoms with Crippen molar-refractivity contribution in [3.05, 3.63) is 30.0 Å². The summed E-state index contributed by atoms with van der Waals surface area (Å²) in [4.78, 5) is 17.8. The lowest BCUT2D eigenvalue weighted by atomic mass is 10.2. The van der Waals surface area contributed by atoms with Crippen LogP contribution < -0.4 is 10.8 Å². The van der Waals surface area contributed by atoms with Crippen molar-refractivity contribution in [3.8, 4) is 0 Å². The highest BCUT2D eigenvalue weighted by atomic mass is 35.5. The molecule has 3 rings (SSSR count). The molecule has 1 aromatic heterocycles. The number of hydrogen-bond donors (Lipinski definition) is 3. The van der Waals surface area contributed by atoms with Crippen molar-refractivity contribution >= 4 is 42.6 Å². The second-order valence-corrected chi connectivity index (χ2v) is 6.12. The summed E-state index contributed by atoms with van der Waals surface area (Å²) in [6.07, 6.45) is 8.54. The number of amides is 1. The second-order valence-electron chi connectivity index (χ2n) is 6.12. The summed E-state index contributed by atoms with van der Waals surface area (Å²) < 4.78 is 0. The summed E-state index contributed by atoms with van der Waals surface area (Å²) in [5.41, 5.74) is 2.37. The zero-order chi connectivity index (χ0) is 15.4. The maximum absolute atomic E-state index is 10.9. The minimum absolute atomic E-state index is 0. The quantitative estimate of drug-likeness (QED) is 0.404. The first-order valence-electron chi connectivity index (χ1n) is 7.80. The Bertz CT molecular complexity index is 550. The Labute approximate surface area is 154 Å². The van der Waals surface area contributed by atoms with Gasteiger partial charge in [0.05, 0.1) is 0 Å². The number of pyridine rings is 1. The molecule has 1 amide bonds. The molecular weight excluding hydrogens is 351 g/mol. The number of anilines is 1. The number of likely N-dealkylation sites (tertiary alicyclic amines) is 1. The van der Waals surface area contributed by atoms with E-state index in [-0.39, 0.29) is 24.8 Å². The number of hydrogen-bond acceptors (Lipinski definition) is 5. The number of halogens is 2. The van der Waals surface area contributed by atoms with Crippen LogP contribution in [0.3, 0.4) is 0 Å². The molecule has 3 N–H and O–H groups in total. The summed E-state index contributed by atoms with van der Waals surface area (Å²) in [5.74, 6) is 1.25. The normalized spacial score (nSPS) is 20.3. The van der Waals surface area contributed by atoms with Gasteiger partial charge in [0.25, 0.3) is 5.91 Å². The Morgan fingerprint density at radius 2 is 2.12 bits per heavy atom. The lowest BCUT2D eigenvalue weighted by Gasteiger charge is -2.16. The maximum atomic E-state index is 10.9.